The summed E-state index contributed by atoms with van der Waals surface area (Å²) in [6.07, 6.45) is 2.80. The molecule has 0 radical (unpaired) electrons. The van der Waals surface area contributed by atoms with E-state index in [4.69, 9.17) is 23.2 Å². The quantitative estimate of drug-likeness (QED) is 0.422. The average Bonchev–Trinajstić information content (AvgIpc) is 2.98. The average molecular weight is 467 g/mol. The number of aromatic amines is 1. The first-order valence-electron chi connectivity index (χ1n) is 9.80. The first kappa shape index (κ1) is 22.7. The first-order valence-corrected chi connectivity index (χ1v) is 12.2. The number of hydrogen-bond acceptors (Lipinski definition) is 3. The summed E-state index contributed by atoms with van der Waals surface area (Å²) in [5.41, 5.74) is 4.04. The molecule has 30 heavy (non-hydrogen) atoms. The third-order valence-corrected chi connectivity index (χ3v) is 6.94. The smallest absolute Gasteiger partial charge is 0.264 e. The van der Waals surface area contributed by atoms with E-state index < -0.39 is 15.9 Å². The molecule has 0 spiro atoms. The van der Waals surface area contributed by atoms with Gasteiger partial charge in [0.15, 0.2) is 0 Å². The van der Waals surface area contributed by atoms with E-state index in [9.17, 15) is 13.2 Å². The molecular weight excluding hydrogens is 443 g/mol. The number of nitrogens with one attached hydrogen (secondary N) is 2. The van der Waals surface area contributed by atoms with E-state index in [-0.39, 0.29) is 5.75 Å². The maximum Gasteiger partial charge on any atom is 0.264 e. The molecule has 0 aliphatic carbocycles. The number of aromatic nitrogens is 1. The molecule has 1 aromatic heterocycles. The fourth-order valence-electron chi connectivity index (χ4n) is 3.40. The molecule has 160 valence electrons. The number of halogens is 2. The van der Waals surface area contributed by atoms with Gasteiger partial charge in [-0.15, -0.1) is 0 Å². The van der Waals surface area contributed by atoms with Crippen LogP contribution in [0.5, 0.6) is 0 Å². The van der Waals surface area contributed by atoms with Gasteiger partial charge in [-0.05, 0) is 54.8 Å². The second kappa shape index (κ2) is 9.41. The van der Waals surface area contributed by atoms with E-state index >= 15 is 0 Å². The van der Waals surface area contributed by atoms with Crippen LogP contribution in [0.25, 0.3) is 10.9 Å². The highest BCUT2D eigenvalue weighted by Gasteiger charge is 2.18. The van der Waals surface area contributed by atoms with E-state index in [2.05, 4.69) is 9.71 Å². The normalized spacial score (nSPS) is 11.7. The van der Waals surface area contributed by atoms with Crippen molar-refractivity contribution in [2.45, 2.75) is 39.5 Å². The van der Waals surface area contributed by atoms with Gasteiger partial charge in [-0.1, -0.05) is 49.0 Å². The zero-order valence-corrected chi connectivity index (χ0v) is 19.2. The lowest BCUT2D eigenvalue weighted by Crippen LogP contribution is -2.32. The molecule has 1 amide bonds. The maximum atomic E-state index is 12.6. The number of amides is 1. The van der Waals surface area contributed by atoms with Gasteiger partial charge in [-0.3, -0.25) is 4.79 Å². The Morgan fingerprint density at radius 2 is 1.87 bits per heavy atom. The molecule has 0 aliphatic heterocycles. The van der Waals surface area contributed by atoms with Crippen LogP contribution in [0.1, 0.15) is 53.4 Å². The Morgan fingerprint density at radius 1 is 1.10 bits per heavy atom. The third-order valence-electron chi connectivity index (χ3n) is 5.03. The summed E-state index contributed by atoms with van der Waals surface area (Å²) >= 11 is 12.3. The van der Waals surface area contributed by atoms with E-state index in [1.807, 2.05) is 19.9 Å². The molecule has 2 N–H and O–H groups in total. The molecule has 0 aliphatic rings. The van der Waals surface area contributed by atoms with Crippen molar-refractivity contribution in [2.75, 3.05) is 5.75 Å². The maximum absolute atomic E-state index is 12.6. The van der Waals surface area contributed by atoms with Crippen LogP contribution in [0.3, 0.4) is 0 Å². The van der Waals surface area contributed by atoms with E-state index in [0.717, 1.165) is 40.6 Å². The van der Waals surface area contributed by atoms with Gasteiger partial charge in [-0.25, -0.2) is 13.1 Å². The number of unbranched alkanes of at least 4 members (excludes halogenated alkanes) is 2. The molecule has 5 nitrogen and oxygen atoms in total. The zero-order chi connectivity index (χ0) is 21.9. The Balaban J connectivity index is 1.88. The standard InChI is InChI=1S/C22H24Cl2N2O3S/c1-3-4-5-10-30(28,29)26-22(27)16-7-9-21-19(12-16)18(14(2)25-21)11-15-6-8-17(23)13-20(15)24/h6-9,12-13,25H,3-5,10-11H2,1-2H3,(H,26,27). The minimum atomic E-state index is -3.65. The summed E-state index contributed by atoms with van der Waals surface area (Å²) in [6.45, 7) is 3.95. The number of benzene rings is 2. The van der Waals surface area contributed by atoms with Crippen molar-refractivity contribution in [1.29, 1.82) is 0 Å². The summed E-state index contributed by atoms with van der Waals surface area (Å²) < 4.78 is 26.5. The molecule has 0 unspecified atom stereocenters. The van der Waals surface area contributed by atoms with Crippen molar-refractivity contribution in [3.05, 3.63) is 68.8 Å². The molecule has 8 heteroatoms. The Hall–Kier alpha value is -2.02. The number of sulfonamides is 1. The summed E-state index contributed by atoms with van der Waals surface area (Å²) in [6, 6.07) is 10.5. The zero-order valence-electron chi connectivity index (χ0n) is 16.9. The minimum Gasteiger partial charge on any atom is -0.358 e. The molecule has 0 atom stereocenters. The molecule has 0 saturated carbocycles. The van der Waals surface area contributed by atoms with Crippen molar-refractivity contribution < 1.29 is 13.2 Å². The Kier molecular flexibility index (Phi) is 7.11. The Labute approximate surface area is 186 Å². The van der Waals surface area contributed by atoms with Gasteiger partial charge in [0.2, 0.25) is 10.0 Å². The highest BCUT2D eigenvalue weighted by Crippen LogP contribution is 2.29. The lowest BCUT2D eigenvalue weighted by atomic mass is 10.0. The van der Waals surface area contributed by atoms with Gasteiger partial charge < -0.3 is 4.98 Å². The number of hydrogen-bond donors (Lipinski definition) is 2. The summed E-state index contributed by atoms with van der Waals surface area (Å²) in [4.78, 5) is 15.9. The van der Waals surface area contributed by atoms with Crippen LogP contribution < -0.4 is 4.72 Å². The van der Waals surface area contributed by atoms with Crippen molar-refractivity contribution >= 4 is 50.0 Å². The number of H-pyrrole nitrogens is 1. The fraction of sp³-hybridized carbons (Fsp3) is 0.318. The second-order valence-electron chi connectivity index (χ2n) is 7.36. The number of carbonyl (C=O) groups is 1. The van der Waals surface area contributed by atoms with Gasteiger partial charge in [-0.2, -0.15) is 0 Å². The van der Waals surface area contributed by atoms with Crippen LogP contribution in [-0.4, -0.2) is 25.1 Å². The van der Waals surface area contributed by atoms with Crippen molar-refractivity contribution in [2.24, 2.45) is 0 Å². The SMILES string of the molecule is CCCCCS(=O)(=O)NC(=O)c1ccc2[nH]c(C)c(Cc3ccc(Cl)cc3Cl)c2c1. The molecule has 2 aromatic carbocycles. The molecule has 0 bridgehead atoms. The molecule has 0 saturated heterocycles. The highest BCUT2D eigenvalue weighted by atomic mass is 35.5. The monoisotopic (exact) mass is 466 g/mol. The predicted molar refractivity (Wildman–Crippen MR) is 123 cm³/mol. The molecule has 3 rings (SSSR count). The Morgan fingerprint density at radius 3 is 2.57 bits per heavy atom. The van der Waals surface area contributed by atoms with E-state index in [1.165, 1.54) is 0 Å². The highest BCUT2D eigenvalue weighted by molar-refractivity contribution is 7.90. The van der Waals surface area contributed by atoms with Gasteiger partial charge in [0.1, 0.15) is 0 Å². The van der Waals surface area contributed by atoms with Gasteiger partial charge >= 0.3 is 0 Å². The third kappa shape index (κ3) is 5.36. The minimum absolute atomic E-state index is 0.0571. The van der Waals surface area contributed by atoms with Crippen LogP contribution in [0.15, 0.2) is 36.4 Å². The topological polar surface area (TPSA) is 79.0 Å². The lowest BCUT2D eigenvalue weighted by Gasteiger charge is -2.08. The molecule has 1 heterocycles. The predicted octanol–water partition coefficient (Wildman–Crippen LogP) is 5.62. The first-order chi connectivity index (χ1) is 14.2. The van der Waals surface area contributed by atoms with Crippen molar-refractivity contribution in [1.82, 2.24) is 9.71 Å². The van der Waals surface area contributed by atoms with Crippen LogP contribution in [0.4, 0.5) is 0 Å². The summed E-state index contributed by atoms with van der Waals surface area (Å²) in [7, 11) is -3.65. The van der Waals surface area contributed by atoms with Crippen molar-refractivity contribution in [3.63, 3.8) is 0 Å². The van der Waals surface area contributed by atoms with Gasteiger partial charge in [0.05, 0.1) is 5.75 Å². The van der Waals surface area contributed by atoms with Crippen LogP contribution in [0.2, 0.25) is 10.0 Å². The fourth-order valence-corrected chi connectivity index (χ4v) is 4.96. The molecule has 0 fully saturated rings. The van der Waals surface area contributed by atoms with E-state index in [1.54, 1.807) is 30.3 Å². The molecule has 3 aromatic rings. The van der Waals surface area contributed by atoms with Gasteiger partial charge in [0, 0.05) is 38.6 Å². The van der Waals surface area contributed by atoms with Crippen LogP contribution in [0, 0.1) is 6.92 Å². The van der Waals surface area contributed by atoms with Crippen LogP contribution in [-0.2, 0) is 16.4 Å². The summed E-state index contributed by atoms with van der Waals surface area (Å²) in [5, 5.41) is 2.00. The lowest BCUT2D eigenvalue weighted by molar-refractivity contribution is 0.0981. The largest absolute Gasteiger partial charge is 0.358 e. The Bertz CT molecular complexity index is 1190. The number of rotatable bonds is 8. The number of fused-ring (bicyclic) bond motifs is 1. The molecular formula is C22H24Cl2N2O3S. The van der Waals surface area contributed by atoms with Crippen molar-refractivity contribution in [3.8, 4) is 0 Å². The second-order valence-corrected chi connectivity index (χ2v) is 10.0. The summed E-state index contributed by atoms with van der Waals surface area (Å²) in [5.74, 6) is -0.680. The van der Waals surface area contributed by atoms with E-state index in [0.29, 0.717) is 28.5 Å². The van der Waals surface area contributed by atoms with Gasteiger partial charge in [0.25, 0.3) is 5.91 Å². The number of aryl methyl sites for hydroxylation is 1. The van der Waals surface area contributed by atoms with Crippen LogP contribution >= 0.6 is 23.2 Å². The number of carbonyl (C=O) groups excluding carboxylic acids is 1.